The van der Waals surface area contributed by atoms with Gasteiger partial charge in [-0.2, -0.15) is 29.0 Å². The molecule has 1 aromatic rings. The largest absolute Gasteiger partial charge is 0.417 e. The molecule has 3 rings (SSSR count). The summed E-state index contributed by atoms with van der Waals surface area (Å²) in [7, 11) is 0. The maximum atomic E-state index is 14.1. The van der Waals surface area contributed by atoms with Gasteiger partial charge in [-0.3, -0.25) is 4.90 Å². The molecule has 0 saturated carbocycles. The molecule has 8 heteroatoms. The first-order valence-electron chi connectivity index (χ1n) is 9.56. The van der Waals surface area contributed by atoms with Gasteiger partial charge in [0.15, 0.2) is 5.41 Å². The van der Waals surface area contributed by atoms with Gasteiger partial charge in [0.25, 0.3) is 0 Å². The summed E-state index contributed by atoms with van der Waals surface area (Å²) in [4.78, 5) is 2.06. The van der Waals surface area contributed by atoms with Crippen molar-refractivity contribution in [3.8, 4) is 18.2 Å². The van der Waals surface area contributed by atoms with E-state index in [0.29, 0.717) is 18.7 Å². The van der Waals surface area contributed by atoms with Crippen LogP contribution in [0.15, 0.2) is 47.2 Å². The molecule has 5 nitrogen and oxygen atoms in total. The van der Waals surface area contributed by atoms with E-state index in [4.69, 9.17) is 5.73 Å². The minimum Gasteiger partial charge on any atom is -0.398 e. The highest BCUT2D eigenvalue weighted by atomic mass is 19.4. The molecule has 1 heterocycles. The van der Waals surface area contributed by atoms with E-state index in [1.165, 1.54) is 12.1 Å². The van der Waals surface area contributed by atoms with Gasteiger partial charge in [0.1, 0.15) is 0 Å². The Labute approximate surface area is 173 Å². The van der Waals surface area contributed by atoms with Crippen molar-refractivity contribution in [1.82, 2.24) is 4.90 Å². The van der Waals surface area contributed by atoms with Crippen molar-refractivity contribution in [1.29, 1.82) is 15.8 Å². The normalized spacial score (nSPS) is 23.6. The second-order valence-electron chi connectivity index (χ2n) is 7.52. The van der Waals surface area contributed by atoms with Crippen molar-refractivity contribution in [3.05, 3.63) is 58.3 Å². The zero-order chi connectivity index (χ0) is 22.1. The van der Waals surface area contributed by atoms with Crippen LogP contribution in [0.25, 0.3) is 0 Å². The molecular formula is C22H20F3N5. The van der Waals surface area contributed by atoms with Gasteiger partial charge in [-0.15, -0.1) is 0 Å². The molecule has 1 aliphatic carbocycles. The van der Waals surface area contributed by atoms with Gasteiger partial charge in [-0.25, -0.2) is 0 Å². The molecule has 2 N–H and O–H groups in total. The lowest BCUT2D eigenvalue weighted by Crippen LogP contribution is -2.50. The molecule has 30 heavy (non-hydrogen) atoms. The van der Waals surface area contributed by atoms with Crippen LogP contribution < -0.4 is 5.73 Å². The molecule has 2 aliphatic rings. The number of hydrogen-bond acceptors (Lipinski definition) is 5. The fourth-order valence-corrected chi connectivity index (χ4v) is 4.71. The highest BCUT2D eigenvalue weighted by Gasteiger charge is 2.62. The van der Waals surface area contributed by atoms with Crippen LogP contribution in [0.5, 0.6) is 0 Å². The zero-order valence-corrected chi connectivity index (χ0v) is 16.4. The number of halogens is 3. The molecule has 154 valence electrons. The van der Waals surface area contributed by atoms with Gasteiger partial charge in [0.2, 0.25) is 0 Å². The summed E-state index contributed by atoms with van der Waals surface area (Å²) >= 11 is 0. The van der Waals surface area contributed by atoms with E-state index in [2.05, 4.69) is 4.90 Å². The van der Waals surface area contributed by atoms with E-state index in [-0.39, 0.29) is 11.1 Å². The molecule has 0 saturated heterocycles. The van der Waals surface area contributed by atoms with Crippen molar-refractivity contribution in [2.45, 2.75) is 25.4 Å². The highest BCUT2D eigenvalue weighted by Crippen LogP contribution is 2.58. The summed E-state index contributed by atoms with van der Waals surface area (Å²) in [6.07, 6.45) is -2.47. The van der Waals surface area contributed by atoms with Gasteiger partial charge in [-0.1, -0.05) is 31.2 Å². The predicted molar refractivity (Wildman–Crippen MR) is 103 cm³/mol. The van der Waals surface area contributed by atoms with E-state index in [1.54, 1.807) is 30.3 Å². The van der Waals surface area contributed by atoms with Crippen LogP contribution in [0.2, 0.25) is 0 Å². The smallest absolute Gasteiger partial charge is 0.398 e. The Hall–Kier alpha value is -3.28. The third-order valence-corrected chi connectivity index (χ3v) is 5.86. The number of allylic oxidation sites excluding steroid dienone is 2. The van der Waals surface area contributed by atoms with Gasteiger partial charge in [0, 0.05) is 30.6 Å². The summed E-state index contributed by atoms with van der Waals surface area (Å²) in [6.45, 7) is 3.49. The Morgan fingerprint density at radius 1 is 1.20 bits per heavy atom. The topological polar surface area (TPSA) is 101 Å². The van der Waals surface area contributed by atoms with Crippen LogP contribution in [0.3, 0.4) is 0 Å². The molecule has 0 unspecified atom stereocenters. The Balaban J connectivity index is 2.38. The third kappa shape index (κ3) is 3.22. The van der Waals surface area contributed by atoms with Crippen LogP contribution in [-0.2, 0) is 0 Å². The van der Waals surface area contributed by atoms with Crippen molar-refractivity contribution >= 4 is 0 Å². The summed E-state index contributed by atoms with van der Waals surface area (Å²) in [5.41, 5.74) is 2.25. The summed E-state index contributed by atoms with van der Waals surface area (Å²) < 4.78 is 42.4. The van der Waals surface area contributed by atoms with E-state index in [0.717, 1.165) is 13.0 Å². The van der Waals surface area contributed by atoms with Crippen LogP contribution in [0.4, 0.5) is 13.2 Å². The van der Waals surface area contributed by atoms with Crippen LogP contribution in [-0.4, -0.2) is 30.7 Å². The van der Waals surface area contributed by atoms with Gasteiger partial charge in [-0.05, 0) is 30.2 Å². The molecule has 0 aromatic heterocycles. The molecule has 1 aliphatic heterocycles. The lowest BCUT2D eigenvalue weighted by atomic mass is 9.56. The molecule has 0 amide bonds. The molecule has 1 aromatic carbocycles. The lowest BCUT2D eigenvalue weighted by molar-refractivity contribution is -0.105. The van der Waals surface area contributed by atoms with Gasteiger partial charge in [0.05, 0.1) is 29.3 Å². The standard InChI is InChI=1S/C22H20F3N5/c1-2-8-30-9-7-16-17(11-30)18(15-6-4-3-5-14(15)10-26)21(12-27,13-28)20(19(16)29)22(23,24)25/h3-7,17-18H,2,8-9,11,29H2,1H3/t17-,18-/m1/s1. The van der Waals surface area contributed by atoms with Crippen molar-refractivity contribution in [2.75, 3.05) is 19.6 Å². The minimum atomic E-state index is -4.97. The maximum absolute atomic E-state index is 14.1. The predicted octanol–water partition coefficient (Wildman–Crippen LogP) is 3.73. The quantitative estimate of drug-likeness (QED) is 0.817. The fourth-order valence-electron chi connectivity index (χ4n) is 4.71. The Bertz CT molecular complexity index is 1020. The van der Waals surface area contributed by atoms with Crippen molar-refractivity contribution in [2.24, 2.45) is 17.1 Å². The van der Waals surface area contributed by atoms with E-state index in [9.17, 15) is 29.0 Å². The van der Waals surface area contributed by atoms with E-state index >= 15 is 0 Å². The zero-order valence-electron chi connectivity index (χ0n) is 16.4. The molecular weight excluding hydrogens is 391 g/mol. The van der Waals surface area contributed by atoms with Gasteiger partial charge >= 0.3 is 6.18 Å². The maximum Gasteiger partial charge on any atom is 0.417 e. The third-order valence-electron chi connectivity index (χ3n) is 5.86. The number of fused-ring (bicyclic) bond motifs is 1. The minimum absolute atomic E-state index is 0.145. The number of benzene rings is 1. The number of hydrogen-bond donors (Lipinski definition) is 1. The monoisotopic (exact) mass is 411 g/mol. The first-order valence-corrected chi connectivity index (χ1v) is 9.56. The van der Waals surface area contributed by atoms with Crippen molar-refractivity contribution < 1.29 is 13.2 Å². The number of nitrogens with zero attached hydrogens (tertiary/aromatic N) is 4. The number of nitrogens with two attached hydrogens (primary N) is 1. The number of alkyl halides is 3. The summed E-state index contributed by atoms with van der Waals surface area (Å²) in [6, 6.07) is 11.5. The number of nitriles is 3. The average molecular weight is 411 g/mol. The summed E-state index contributed by atoms with van der Waals surface area (Å²) in [5.74, 6) is -1.80. The molecule has 0 spiro atoms. The Kier molecular flexibility index (Phi) is 5.61. The van der Waals surface area contributed by atoms with Crippen LogP contribution in [0.1, 0.15) is 30.4 Å². The first-order chi connectivity index (χ1) is 14.2. The fraction of sp³-hybridized carbons (Fsp3) is 0.409. The van der Waals surface area contributed by atoms with Crippen molar-refractivity contribution in [3.63, 3.8) is 0 Å². The molecule has 0 fully saturated rings. The molecule has 0 radical (unpaired) electrons. The Morgan fingerprint density at radius 3 is 2.43 bits per heavy atom. The molecule has 2 atom stereocenters. The van der Waals surface area contributed by atoms with Gasteiger partial charge < -0.3 is 5.73 Å². The average Bonchev–Trinajstić information content (AvgIpc) is 2.72. The van der Waals surface area contributed by atoms with Crippen LogP contribution in [0, 0.1) is 45.3 Å². The summed E-state index contributed by atoms with van der Waals surface area (Å²) in [5, 5.41) is 29.5. The second-order valence-corrected chi connectivity index (χ2v) is 7.52. The Morgan fingerprint density at radius 2 is 1.87 bits per heavy atom. The van der Waals surface area contributed by atoms with E-state index in [1.807, 2.05) is 13.0 Å². The first kappa shape index (κ1) is 21.4. The van der Waals surface area contributed by atoms with E-state index < -0.39 is 34.7 Å². The van der Waals surface area contributed by atoms with Crippen LogP contribution >= 0.6 is 0 Å². The SMILES string of the molecule is CCCN1CC=C2C(N)=C(C(F)(F)F)C(C#N)(C#N)[C@H](c3ccccc3C#N)[C@@H]2C1. The second kappa shape index (κ2) is 7.86. The molecule has 0 bridgehead atoms. The lowest BCUT2D eigenvalue weighted by Gasteiger charge is -2.47. The number of rotatable bonds is 3. The highest BCUT2D eigenvalue weighted by molar-refractivity contribution is 5.58.